The molecule has 0 amide bonds. The fourth-order valence-electron chi connectivity index (χ4n) is 3.03. The highest BCUT2D eigenvalue weighted by atomic mass is 79.9. The molecule has 0 spiro atoms. The van der Waals surface area contributed by atoms with Crippen molar-refractivity contribution in [2.45, 2.75) is 58.0 Å². The van der Waals surface area contributed by atoms with Crippen molar-refractivity contribution in [3.8, 4) is 0 Å². The summed E-state index contributed by atoms with van der Waals surface area (Å²) in [5, 5.41) is 3.85. The Kier molecular flexibility index (Phi) is 5.25. The molecule has 0 bridgehead atoms. The van der Waals surface area contributed by atoms with Gasteiger partial charge in [0.25, 0.3) is 0 Å². The van der Waals surface area contributed by atoms with E-state index in [1.807, 2.05) is 0 Å². The Morgan fingerprint density at radius 2 is 1.94 bits per heavy atom. The van der Waals surface area contributed by atoms with Crippen LogP contribution >= 0.6 is 15.9 Å². The summed E-state index contributed by atoms with van der Waals surface area (Å²) < 4.78 is 1.16. The summed E-state index contributed by atoms with van der Waals surface area (Å²) in [7, 11) is 0. The van der Waals surface area contributed by atoms with Gasteiger partial charge >= 0.3 is 0 Å². The van der Waals surface area contributed by atoms with Gasteiger partial charge in [-0.25, -0.2) is 0 Å². The number of rotatable bonds is 5. The SMILES string of the molecule is CCC1CCC(NC(CC)c2ccc(Br)cc2)C1. The van der Waals surface area contributed by atoms with E-state index in [0.717, 1.165) is 22.9 Å². The fourth-order valence-corrected chi connectivity index (χ4v) is 3.29. The number of hydrogen-bond acceptors (Lipinski definition) is 1. The smallest absolute Gasteiger partial charge is 0.0320 e. The van der Waals surface area contributed by atoms with Crippen LogP contribution < -0.4 is 5.32 Å². The van der Waals surface area contributed by atoms with Crippen LogP contribution in [0.15, 0.2) is 28.7 Å². The Morgan fingerprint density at radius 1 is 1.22 bits per heavy atom. The van der Waals surface area contributed by atoms with Crippen molar-refractivity contribution in [3.63, 3.8) is 0 Å². The van der Waals surface area contributed by atoms with E-state index in [9.17, 15) is 0 Å². The second-order valence-electron chi connectivity index (χ2n) is 5.46. The zero-order chi connectivity index (χ0) is 13.0. The van der Waals surface area contributed by atoms with Crippen molar-refractivity contribution >= 4 is 15.9 Å². The molecule has 0 aromatic heterocycles. The topological polar surface area (TPSA) is 12.0 Å². The largest absolute Gasteiger partial charge is 0.307 e. The minimum Gasteiger partial charge on any atom is -0.307 e. The van der Waals surface area contributed by atoms with Crippen molar-refractivity contribution in [1.82, 2.24) is 5.32 Å². The van der Waals surface area contributed by atoms with Crippen molar-refractivity contribution < 1.29 is 0 Å². The lowest BCUT2D eigenvalue weighted by molar-refractivity contribution is 0.414. The van der Waals surface area contributed by atoms with Crippen LogP contribution in [0.4, 0.5) is 0 Å². The summed E-state index contributed by atoms with van der Waals surface area (Å²) in [6, 6.07) is 9.99. The minimum atomic E-state index is 0.513. The summed E-state index contributed by atoms with van der Waals surface area (Å²) >= 11 is 3.50. The first-order valence-corrected chi connectivity index (χ1v) is 8.03. The molecule has 1 aromatic carbocycles. The van der Waals surface area contributed by atoms with Gasteiger partial charge in [-0.1, -0.05) is 48.3 Å². The molecular weight excluding hydrogens is 286 g/mol. The van der Waals surface area contributed by atoms with Crippen LogP contribution in [0.3, 0.4) is 0 Å². The molecule has 1 saturated carbocycles. The second kappa shape index (κ2) is 6.72. The van der Waals surface area contributed by atoms with Crippen LogP contribution in [0, 0.1) is 5.92 Å². The summed E-state index contributed by atoms with van der Waals surface area (Å²) in [4.78, 5) is 0. The molecule has 1 fully saturated rings. The third-order valence-corrected chi connectivity index (χ3v) is 4.76. The summed E-state index contributed by atoms with van der Waals surface area (Å²) in [5.74, 6) is 0.949. The highest BCUT2D eigenvalue weighted by Gasteiger charge is 2.25. The monoisotopic (exact) mass is 309 g/mol. The number of hydrogen-bond donors (Lipinski definition) is 1. The van der Waals surface area contributed by atoms with Crippen molar-refractivity contribution in [3.05, 3.63) is 34.3 Å². The predicted octanol–water partition coefficient (Wildman–Crippen LogP) is 5.07. The Morgan fingerprint density at radius 3 is 2.50 bits per heavy atom. The standard InChI is InChI=1S/C16H24BrN/c1-3-12-5-10-15(11-12)18-16(4-2)13-6-8-14(17)9-7-13/h6-9,12,15-16,18H,3-5,10-11H2,1-2H3. The molecule has 3 unspecified atom stereocenters. The highest BCUT2D eigenvalue weighted by molar-refractivity contribution is 9.10. The molecule has 1 nitrogen and oxygen atoms in total. The van der Waals surface area contributed by atoms with Crippen LogP contribution in [0.2, 0.25) is 0 Å². The van der Waals surface area contributed by atoms with E-state index in [0.29, 0.717) is 6.04 Å². The van der Waals surface area contributed by atoms with Gasteiger partial charge in [-0.2, -0.15) is 0 Å². The molecular formula is C16H24BrN. The van der Waals surface area contributed by atoms with E-state index in [1.165, 1.54) is 31.2 Å². The van der Waals surface area contributed by atoms with Crippen molar-refractivity contribution in [2.24, 2.45) is 5.92 Å². The van der Waals surface area contributed by atoms with E-state index < -0.39 is 0 Å². The van der Waals surface area contributed by atoms with Gasteiger partial charge in [-0.3, -0.25) is 0 Å². The molecule has 0 aliphatic heterocycles. The maximum absolute atomic E-state index is 3.85. The van der Waals surface area contributed by atoms with Gasteiger partial charge in [-0.05, 0) is 49.3 Å². The summed E-state index contributed by atoms with van der Waals surface area (Å²) in [5.41, 5.74) is 1.42. The van der Waals surface area contributed by atoms with Crippen LogP contribution in [0.5, 0.6) is 0 Å². The van der Waals surface area contributed by atoms with E-state index in [4.69, 9.17) is 0 Å². The first-order chi connectivity index (χ1) is 8.72. The average Bonchev–Trinajstić information content (AvgIpc) is 2.85. The van der Waals surface area contributed by atoms with E-state index in [-0.39, 0.29) is 0 Å². The van der Waals surface area contributed by atoms with Crippen molar-refractivity contribution in [1.29, 1.82) is 0 Å². The van der Waals surface area contributed by atoms with Gasteiger partial charge < -0.3 is 5.32 Å². The zero-order valence-corrected chi connectivity index (χ0v) is 13.0. The Bertz CT molecular complexity index is 360. The maximum Gasteiger partial charge on any atom is 0.0320 e. The first kappa shape index (κ1) is 14.1. The average molecular weight is 310 g/mol. The second-order valence-corrected chi connectivity index (χ2v) is 6.38. The molecule has 0 heterocycles. The summed E-state index contributed by atoms with van der Waals surface area (Å²) in [6.07, 6.45) is 6.63. The number of nitrogens with one attached hydrogen (secondary N) is 1. The Labute approximate surface area is 119 Å². The first-order valence-electron chi connectivity index (χ1n) is 7.24. The zero-order valence-electron chi connectivity index (χ0n) is 11.5. The third-order valence-electron chi connectivity index (χ3n) is 4.24. The molecule has 3 atom stereocenters. The van der Waals surface area contributed by atoms with Gasteiger partial charge in [0.05, 0.1) is 0 Å². The fraction of sp³-hybridized carbons (Fsp3) is 0.625. The molecule has 100 valence electrons. The van der Waals surface area contributed by atoms with Crippen molar-refractivity contribution in [2.75, 3.05) is 0 Å². The highest BCUT2D eigenvalue weighted by Crippen LogP contribution is 2.30. The van der Waals surface area contributed by atoms with E-state index >= 15 is 0 Å². The molecule has 2 heteroatoms. The summed E-state index contributed by atoms with van der Waals surface area (Å²) in [6.45, 7) is 4.59. The van der Waals surface area contributed by atoms with Gasteiger partial charge in [0, 0.05) is 16.6 Å². The normalized spacial score (nSPS) is 25.3. The molecule has 1 aromatic rings. The number of halogens is 1. The minimum absolute atomic E-state index is 0.513. The Balaban J connectivity index is 1.95. The van der Waals surface area contributed by atoms with Gasteiger partial charge in [0.15, 0.2) is 0 Å². The quantitative estimate of drug-likeness (QED) is 0.801. The number of benzene rings is 1. The molecule has 1 N–H and O–H groups in total. The van der Waals surface area contributed by atoms with E-state index in [2.05, 4.69) is 59.4 Å². The predicted molar refractivity (Wildman–Crippen MR) is 81.7 cm³/mol. The molecule has 18 heavy (non-hydrogen) atoms. The van der Waals surface area contributed by atoms with Gasteiger partial charge in [0.1, 0.15) is 0 Å². The third kappa shape index (κ3) is 3.58. The van der Waals surface area contributed by atoms with Crippen LogP contribution in [-0.2, 0) is 0 Å². The molecule has 1 aliphatic rings. The van der Waals surface area contributed by atoms with Crippen LogP contribution in [-0.4, -0.2) is 6.04 Å². The van der Waals surface area contributed by atoms with Gasteiger partial charge in [0.2, 0.25) is 0 Å². The lowest BCUT2D eigenvalue weighted by Crippen LogP contribution is -2.30. The maximum atomic E-state index is 3.85. The molecule has 0 radical (unpaired) electrons. The lowest BCUT2D eigenvalue weighted by Gasteiger charge is -2.22. The Hall–Kier alpha value is -0.340. The molecule has 0 saturated heterocycles. The van der Waals surface area contributed by atoms with Crippen LogP contribution in [0.1, 0.15) is 57.6 Å². The van der Waals surface area contributed by atoms with Gasteiger partial charge in [-0.15, -0.1) is 0 Å². The van der Waals surface area contributed by atoms with Crippen LogP contribution in [0.25, 0.3) is 0 Å². The molecule has 2 rings (SSSR count). The van der Waals surface area contributed by atoms with E-state index in [1.54, 1.807) is 0 Å². The molecule has 1 aliphatic carbocycles. The lowest BCUT2D eigenvalue weighted by atomic mass is 10.0.